The summed E-state index contributed by atoms with van der Waals surface area (Å²) in [5.41, 5.74) is 1.09. The van der Waals surface area contributed by atoms with Gasteiger partial charge in [-0.3, -0.25) is 4.79 Å². The van der Waals surface area contributed by atoms with Crippen LogP contribution in [0.25, 0.3) is 0 Å². The highest BCUT2D eigenvalue weighted by molar-refractivity contribution is 5.80. The Morgan fingerprint density at radius 3 is 2.41 bits per heavy atom. The number of quaternary nitrogens is 1. The van der Waals surface area contributed by atoms with Crippen molar-refractivity contribution >= 4 is 5.91 Å². The molecular formula is C18H29N2O2+. The summed E-state index contributed by atoms with van der Waals surface area (Å²) >= 11 is 0. The zero-order valence-electron chi connectivity index (χ0n) is 14.3. The standard InChI is InChI=1S/C18H28N2O2/c1-14(20(2,3)16-7-5-6-8-16)18(21)19-13-15-9-11-17(22-4)12-10-15/h9-12,14,16H,5-8,13H2,1-4H3/p+1/t14-/m1/s1. The Morgan fingerprint density at radius 2 is 1.86 bits per heavy atom. The van der Waals surface area contributed by atoms with Gasteiger partial charge in [-0.15, -0.1) is 0 Å². The predicted molar refractivity (Wildman–Crippen MR) is 88.7 cm³/mol. The van der Waals surface area contributed by atoms with Gasteiger partial charge in [-0.1, -0.05) is 12.1 Å². The second kappa shape index (κ2) is 7.14. The molecule has 1 fully saturated rings. The Bertz CT molecular complexity index is 490. The van der Waals surface area contributed by atoms with E-state index in [2.05, 4.69) is 19.4 Å². The van der Waals surface area contributed by atoms with E-state index in [4.69, 9.17) is 4.74 Å². The fourth-order valence-corrected chi connectivity index (χ4v) is 3.27. The third-order valence-electron chi connectivity index (χ3n) is 5.27. The first kappa shape index (κ1) is 16.8. The first-order valence-electron chi connectivity index (χ1n) is 8.19. The second-order valence-electron chi connectivity index (χ2n) is 6.81. The number of nitrogens with one attached hydrogen (secondary N) is 1. The van der Waals surface area contributed by atoms with E-state index in [1.807, 2.05) is 31.2 Å². The van der Waals surface area contributed by atoms with E-state index in [0.717, 1.165) is 15.8 Å². The average molecular weight is 305 g/mol. The summed E-state index contributed by atoms with van der Waals surface area (Å²) in [6.07, 6.45) is 5.07. The molecule has 122 valence electrons. The molecule has 1 aromatic rings. The molecule has 0 saturated heterocycles. The lowest BCUT2D eigenvalue weighted by molar-refractivity contribution is -0.927. The Hall–Kier alpha value is -1.55. The first-order chi connectivity index (χ1) is 10.4. The van der Waals surface area contributed by atoms with Crippen molar-refractivity contribution in [3.63, 3.8) is 0 Å². The molecule has 2 rings (SSSR count). The molecule has 1 saturated carbocycles. The number of rotatable bonds is 6. The van der Waals surface area contributed by atoms with Crippen LogP contribution >= 0.6 is 0 Å². The van der Waals surface area contributed by atoms with Crippen molar-refractivity contribution in [2.45, 2.75) is 51.2 Å². The number of nitrogens with zero attached hydrogens (tertiary/aromatic N) is 1. The number of hydrogen-bond acceptors (Lipinski definition) is 2. The predicted octanol–water partition coefficient (Wildman–Crippen LogP) is 2.72. The Morgan fingerprint density at radius 1 is 1.27 bits per heavy atom. The molecule has 1 aliphatic carbocycles. The van der Waals surface area contributed by atoms with E-state index >= 15 is 0 Å². The normalized spacial score (nSPS) is 17.3. The van der Waals surface area contributed by atoms with Crippen LogP contribution in [0.2, 0.25) is 0 Å². The molecule has 1 N–H and O–H groups in total. The topological polar surface area (TPSA) is 38.3 Å². The molecule has 1 aromatic carbocycles. The van der Waals surface area contributed by atoms with Crippen LogP contribution in [-0.4, -0.2) is 43.7 Å². The van der Waals surface area contributed by atoms with E-state index in [0.29, 0.717) is 12.6 Å². The van der Waals surface area contributed by atoms with E-state index in [1.165, 1.54) is 25.7 Å². The smallest absolute Gasteiger partial charge is 0.278 e. The number of benzene rings is 1. The quantitative estimate of drug-likeness (QED) is 0.821. The average Bonchev–Trinajstić information content (AvgIpc) is 3.07. The van der Waals surface area contributed by atoms with Gasteiger partial charge in [0, 0.05) is 6.54 Å². The minimum atomic E-state index is -0.0265. The van der Waals surface area contributed by atoms with Gasteiger partial charge in [0.2, 0.25) is 0 Å². The van der Waals surface area contributed by atoms with Crippen molar-refractivity contribution < 1.29 is 14.0 Å². The van der Waals surface area contributed by atoms with Crippen LogP contribution in [0.5, 0.6) is 5.75 Å². The monoisotopic (exact) mass is 305 g/mol. The minimum Gasteiger partial charge on any atom is -0.497 e. The lowest BCUT2D eigenvalue weighted by atomic mass is 10.1. The van der Waals surface area contributed by atoms with Gasteiger partial charge in [-0.2, -0.15) is 0 Å². The van der Waals surface area contributed by atoms with Crippen molar-refractivity contribution in [1.82, 2.24) is 5.32 Å². The van der Waals surface area contributed by atoms with Crippen molar-refractivity contribution in [3.8, 4) is 5.75 Å². The van der Waals surface area contributed by atoms with Gasteiger partial charge in [0.25, 0.3) is 5.91 Å². The number of hydrogen-bond donors (Lipinski definition) is 1. The van der Waals surface area contributed by atoms with Crippen LogP contribution in [0.1, 0.15) is 38.2 Å². The molecule has 4 nitrogen and oxygen atoms in total. The van der Waals surface area contributed by atoms with Crippen molar-refractivity contribution in [2.24, 2.45) is 0 Å². The maximum Gasteiger partial charge on any atom is 0.278 e. The van der Waals surface area contributed by atoms with Crippen molar-refractivity contribution in [3.05, 3.63) is 29.8 Å². The molecule has 1 atom stereocenters. The molecule has 0 bridgehead atoms. The van der Waals surface area contributed by atoms with Gasteiger partial charge >= 0.3 is 0 Å². The maximum atomic E-state index is 12.5. The SMILES string of the molecule is COc1ccc(CNC(=O)[C@@H](C)[N+](C)(C)C2CCCC2)cc1. The fourth-order valence-electron chi connectivity index (χ4n) is 3.27. The summed E-state index contributed by atoms with van der Waals surface area (Å²) in [5, 5.41) is 3.07. The highest BCUT2D eigenvalue weighted by atomic mass is 16.5. The summed E-state index contributed by atoms with van der Waals surface area (Å²) in [7, 11) is 6.03. The highest BCUT2D eigenvalue weighted by Gasteiger charge is 2.38. The Balaban J connectivity index is 1.90. The van der Waals surface area contributed by atoms with Crippen molar-refractivity contribution in [1.29, 1.82) is 0 Å². The molecule has 4 heteroatoms. The lowest BCUT2D eigenvalue weighted by Crippen LogP contribution is -2.59. The zero-order valence-corrected chi connectivity index (χ0v) is 14.3. The van der Waals surface area contributed by atoms with Crippen molar-refractivity contribution in [2.75, 3.05) is 21.2 Å². The van der Waals surface area contributed by atoms with Crippen LogP contribution in [-0.2, 0) is 11.3 Å². The number of carbonyl (C=O) groups excluding carboxylic acids is 1. The first-order valence-corrected chi connectivity index (χ1v) is 8.19. The molecule has 1 aliphatic rings. The molecule has 0 spiro atoms. The molecule has 0 unspecified atom stereocenters. The molecular weight excluding hydrogens is 276 g/mol. The summed E-state index contributed by atoms with van der Waals surface area (Å²) in [6.45, 7) is 2.61. The minimum absolute atomic E-state index is 0.0265. The van der Waals surface area contributed by atoms with E-state index in [9.17, 15) is 4.79 Å². The van der Waals surface area contributed by atoms with Crippen LogP contribution in [0.15, 0.2) is 24.3 Å². The summed E-state index contributed by atoms with van der Waals surface area (Å²) in [4.78, 5) is 12.5. The fraction of sp³-hybridized carbons (Fsp3) is 0.611. The van der Waals surface area contributed by atoms with Gasteiger partial charge in [0.15, 0.2) is 6.04 Å². The molecule has 0 aromatic heterocycles. The maximum absolute atomic E-state index is 12.5. The highest BCUT2D eigenvalue weighted by Crippen LogP contribution is 2.28. The molecule has 1 amide bonds. The van der Waals surface area contributed by atoms with Gasteiger partial charge in [0.05, 0.1) is 27.2 Å². The van der Waals surface area contributed by atoms with Gasteiger partial charge in [-0.25, -0.2) is 0 Å². The lowest BCUT2D eigenvalue weighted by Gasteiger charge is -2.40. The molecule has 22 heavy (non-hydrogen) atoms. The summed E-state index contributed by atoms with van der Waals surface area (Å²) in [6, 6.07) is 8.40. The van der Waals surface area contributed by atoms with E-state index < -0.39 is 0 Å². The number of amides is 1. The Kier molecular flexibility index (Phi) is 5.46. The van der Waals surface area contributed by atoms with Crippen LogP contribution < -0.4 is 10.1 Å². The zero-order chi connectivity index (χ0) is 16.2. The number of ether oxygens (including phenoxy) is 1. The summed E-state index contributed by atoms with van der Waals surface area (Å²) < 4.78 is 5.93. The second-order valence-corrected chi connectivity index (χ2v) is 6.81. The van der Waals surface area contributed by atoms with Crippen LogP contribution in [0.3, 0.4) is 0 Å². The third kappa shape index (κ3) is 3.80. The van der Waals surface area contributed by atoms with Crippen LogP contribution in [0.4, 0.5) is 0 Å². The summed E-state index contributed by atoms with van der Waals surface area (Å²) in [5.74, 6) is 0.968. The van der Waals surface area contributed by atoms with Crippen LogP contribution in [0, 0.1) is 0 Å². The number of carbonyl (C=O) groups is 1. The Labute approximate surface area is 134 Å². The van der Waals surface area contributed by atoms with Gasteiger partial charge in [0.1, 0.15) is 5.75 Å². The van der Waals surface area contributed by atoms with Gasteiger partial charge < -0.3 is 14.5 Å². The van der Waals surface area contributed by atoms with E-state index in [-0.39, 0.29) is 11.9 Å². The largest absolute Gasteiger partial charge is 0.497 e. The van der Waals surface area contributed by atoms with Gasteiger partial charge in [-0.05, 0) is 50.3 Å². The molecule has 0 heterocycles. The molecule has 0 aliphatic heterocycles. The number of likely N-dealkylation sites (N-methyl/N-ethyl adjacent to an activating group) is 1. The third-order valence-corrected chi connectivity index (χ3v) is 5.27. The molecule has 0 radical (unpaired) electrons. The number of methoxy groups -OCH3 is 1. The van der Waals surface area contributed by atoms with E-state index in [1.54, 1.807) is 7.11 Å².